The minimum absolute atomic E-state index is 0.0538. The number of ether oxygens (including phenoxy) is 1. The highest BCUT2D eigenvalue weighted by Crippen LogP contribution is 2.47. The monoisotopic (exact) mass is 229 g/mol. The lowest BCUT2D eigenvalue weighted by Crippen LogP contribution is -2.29. The van der Waals surface area contributed by atoms with Crippen molar-refractivity contribution in [3.8, 4) is 0 Å². The van der Waals surface area contributed by atoms with Crippen LogP contribution in [0.2, 0.25) is 0 Å². The zero-order valence-electron chi connectivity index (χ0n) is 10.1. The third-order valence-electron chi connectivity index (χ3n) is 3.25. The van der Waals surface area contributed by atoms with Crippen LogP contribution in [0.15, 0.2) is 30.2 Å². The molecule has 0 spiro atoms. The molecule has 88 valence electrons. The third kappa shape index (κ3) is 1.66. The van der Waals surface area contributed by atoms with E-state index in [1.54, 1.807) is 6.20 Å². The molecule has 1 aromatic rings. The van der Waals surface area contributed by atoms with Gasteiger partial charge in [-0.2, -0.15) is 0 Å². The number of ketones is 1. The minimum atomic E-state index is -0.731. The Kier molecular flexibility index (Phi) is 2.12. The van der Waals surface area contributed by atoms with Gasteiger partial charge in [-0.15, -0.1) is 0 Å². The molecule has 0 N–H and O–H groups in total. The van der Waals surface area contributed by atoms with Crippen LogP contribution in [0.5, 0.6) is 0 Å². The Hall–Kier alpha value is -1.64. The van der Waals surface area contributed by atoms with Crippen molar-refractivity contribution < 1.29 is 9.53 Å². The van der Waals surface area contributed by atoms with Gasteiger partial charge in [-0.1, -0.05) is 6.07 Å². The summed E-state index contributed by atoms with van der Waals surface area (Å²) in [5, 5.41) is 0. The molecule has 0 unspecified atom stereocenters. The van der Waals surface area contributed by atoms with Crippen LogP contribution in [0.3, 0.4) is 0 Å². The first-order valence-corrected chi connectivity index (χ1v) is 5.99. The second-order valence-corrected chi connectivity index (χ2v) is 5.17. The standard InChI is InChI=1S/C14H15NO2/c1-14(2)13(16)11(10-5-3-4-8-15-10)12(17-14)9-6-7-9/h3-5,8-9H,6-7H2,1-2H3. The molecule has 1 aromatic heterocycles. The van der Waals surface area contributed by atoms with Crippen LogP contribution in [0.25, 0.3) is 5.57 Å². The number of hydrogen-bond acceptors (Lipinski definition) is 3. The predicted molar refractivity (Wildman–Crippen MR) is 64.1 cm³/mol. The highest BCUT2D eigenvalue weighted by molar-refractivity contribution is 6.26. The van der Waals surface area contributed by atoms with E-state index in [0.29, 0.717) is 11.5 Å². The normalized spacial score (nSPS) is 22.8. The smallest absolute Gasteiger partial charge is 0.211 e. The lowest BCUT2D eigenvalue weighted by molar-refractivity contribution is -0.126. The fourth-order valence-corrected chi connectivity index (χ4v) is 2.17. The average Bonchev–Trinajstić information content (AvgIpc) is 3.10. The van der Waals surface area contributed by atoms with Crippen molar-refractivity contribution in [3.05, 3.63) is 35.8 Å². The van der Waals surface area contributed by atoms with Gasteiger partial charge in [0.1, 0.15) is 5.76 Å². The summed E-state index contributed by atoms with van der Waals surface area (Å²) in [7, 11) is 0. The molecule has 0 saturated heterocycles. The quantitative estimate of drug-likeness (QED) is 0.782. The summed E-state index contributed by atoms with van der Waals surface area (Å²) in [5.74, 6) is 1.34. The van der Waals surface area contributed by atoms with E-state index >= 15 is 0 Å². The number of pyridine rings is 1. The maximum absolute atomic E-state index is 12.3. The Balaban J connectivity index is 2.10. The zero-order valence-corrected chi connectivity index (χ0v) is 10.1. The molecule has 0 atom stereocenters. The van der Waals surface area contributed by atoms with Gasteiger partial charge in [-0.05, 0) is 38.8 Å². The predicted octanol–water partition coefficient (Wildman–Crippen LogP) is 2.58. The first-order chi connectivity index (χ1) is 8.09. The highest BCUT2D eigenvalue weighted by atomic mass is 16.5. The fraction of sp³-hybridized carbons (Fsp3) is 0.429. The molecule has 0 aromatic carbocycles. The van der Waals surface area contributed by atoms with E-state index in [2.05, 4.69) is 4.98 Å². The molecule has 0 bridgehead atoms. The summed E-state index contributed by atoms with van der Waals surface area (Å²) < 4.78 is 5.84. The largest absolute Gasteiger partial charge is 0.483 e. The van der Waals surface area contributed by atoms with Crippen LogP contribution < -0.4 is 0 Å². The first-order valence-electron chi connectivity index (χ1n) is 5.99. The van der Waals surface area contributed by atoms with Crippen LogP contribution in [-0.4, -0.2) is 16.4 Å². The first kappa shape index (κ1) is 10.5. The maximum atomic E-state index is 12.3. The van der Waals surface area contributed by atoms with Gasteiger partial charge in [0, 0.05) is 12.1 Å². The summed E-state index contributed by atoms with van der Waals surface area (Å²) in [5.41, 5.74) is 0.702. The molecule has 2 aliphatic rings. The lowest BCUT2D eigenvalue weighted by atomic mass is 9.96. The van der Waals surface area contributed by atoms with Gasteiger partial charge in [-0.25, -0.2) is 0 Å². The van der Waals surface area contributed by atoms with Crippen molar-refractivity contribution >= 4 is 11.4 Å². The van der Waals surface area contributed by atoms with Gasteiger partial charge in [0.15, 0.2) is 5.60 Å². The molecular weight excluding hydrogens is 214 g/mol. The van der Waals surface area contributed by atoms with Crippen LogP contribution in [0.4, 0.5) is 0 Å². The molecular formula is C14H15NO2. The van der Waals surface area contributed by atoms with Gasteiger partial charge >= 0.3 is 0 Å². The van der Waals surface area contributed by atoms with E-state index in [1.165, 1.54) is 0 Å². The van der Waals surface area contributed by atoms with Crippen LogP contribution in [0.1, 0.15) is 32.4 Å². The molecule has 0 radical (unpaired) electrons. The third-order valence-corrected chi connectivity index (χ3v) is 3.25. The van der Waals surface area contributed by atoms with Crippen molar-refractivity contribution in [2.45, 2.75) is 32.3 Å². The Morgan fingerprint density at radius 1 is 1.35 bits per heavy atom. The number of nitrogens with zero attached hydrogens (tertiary/aromatic N) is 1. The molecule has 1 saturated carbocycles. The number of Topliss-reactive ketones (excluding diaryl/α,β-unsaturated/α-hetero) is 1. The molecule has 3 nitrogen and oxygen atoms in total. The van der Waals surface area contributed by atoms with Crippen LogP contribution in [0, 0.1) is 5.92 Å². The van der Waals surface area contributed by atoms with Crippen LogP contribution in [-0.2, 0) is 9.53 Å². The number of carbonyl (C=O) groups excluding carboxylic acids is 1. The number of carbonyl (C=O) groups is 1. The summed E-state index contributed by atoms with van der Waals surface area (Å²) in [6, 6.07) is 5.63. The van der Waals surface area contributed by atoms with Gasteiger partial charge in [0.2, 0.25) is 5.78 Å². The van der Waals surface area contributed by atoms with Crippen molar-refractivity contribution in [2.24, 2.45) is 5.92 Å². The van der Waals surface area contributed by atoms with Crippen molar-refractivity contribution in [1.82, 2.24) is 4.98 Å². The number of aromatic nitrogens is 1. The average molecular weight is 229 g/mol. The van der Waals surface area contributed by atoms with E-state index in [4.69, 9.17) is 4.74 Å². The van der Waals surface area contributed by atoms with E-state index in [1.807, 2.05) is 32.0 Å². The van der Waals surface area contributed by atoms with Gasteiger partial charge in [0.25, 0.3) is 0 Å². The Labute approximate surface area is 101 Å². The number of hydrogen-bond donors (Lipinski definition) is 0. The molecule has 1 fully saturated rings. The second kappa shape index (κ2) is 3.42. The van der Waals surface area contributed by atoms with Gasteiger partial charge in [-0.3, -0.25) is 9.78 Å². The topological polar surface area (TPSA) is 39.2 Å². The fourth-order valence-electron chi connectivity index (χ4n) is 2.17. The Morgan fingerprint density at radius 2 is 2.12 bits per heavy atom. The summed E-state index contributed by atoms with van der Waals surface area (Å²) >= 11 is 0. The molecule has 2 heterocycles. The highest BCUT2D eigenvalue weighted by Gasteiger charge is 2.47. The number of allylic oxidation sites excluding steroid dienone is 1. The molecule has 1 aliphatic heterocycles. The molecule has 0 amide bonds. The summed E-state index contributed by atoms with van der Waals surface area (Å²) in [6.45, 7) is 3.65. The van der Waals surface area contributed by atoms with Crippen molar-refractivity contribution in [3.63, 3.8) is 0 Å². The molecule has 3 rings (SSSR count). The Morgan fingerprint density at radius 3 is 2.71 bits per heavy atom. The minimum Gasteiger partial charge on any atom is -0.483 e. The molecule has 3 heteroatoms. The lowest BCUT2D eigenvalue weighted by Gasteiger charge is -2.17. The van der Waals surface area contributed by atoms with Gasteiger partial charge in [0.05, 0.1) is 11.3 Å². The SMILES string of the molecule is CC1(C)OC(C2CC2)=C(c2ccccn2)C1=O. The zero-order chi connectivity index (χ0) is 12.0. The van der Waals surface area contributed by atoms with Gasteiger partial charge < -0.3 is 4.74 Å². The van der Waals surface area contributed by atoms with E-state index in [9.17, 15) is 4.79 Å². The van der Waals surface area contributed by atoms with E-state index in [0.717, 1.165) is 24.3 Å². The second-order valence-electron chi connectivity index (χ2n) is 5.17. The molecule has 17 heavy (non-hydrogen) atoms. The van der Waals surface area contributed by atoms with E-state index < -0.39 is 5.60 Å². The summed E-state index contributed by atoms with van der Waals surface area (Å²) in [6.07, 6.45) is 3.95. The van der Waals surface area contributed by atoms with Crippen LogP contribution >= 0.6 is 0 Å². The van der Waals surface area contributed by atoms with Crippen molar-refractivity contribution in [1.29, 1.82) is 0 Å². The number of rotatable bonds is 2. The van der Waals surface area contributed by atoms with Crippen molar-refractivity contribution in [2.75, 3.05) is 0 Å². The summed E-state index contributed by atoms with van der Waals surface area (Å²) in [4.78, 5) is 16.6. The maximum Gasteiger partial charge on any atom is 0.211 e. The molecule has 1 aliphatic carbocycles. The Bertz CT molecular complexity index is 498. The van der Waals surface area contributed by atoms with E-state index in [-0.39, 0.29) is 5.78 Å².